The van der Waals surface area contributed by atoms with E-state index in [2.05, 4.69) is 0 Å². The van der Waals surface area contributed by atoms with Crippen molar-refractivity contribution in [3.63, 3.8) is 0 Å². The van der Waals surface area contributed by atoms with Crippen LogP contribution in [0.1, 0.15) is 13.8 Å². The third kappa shape index (κ3) is 2.00. The number of imide groups is 1. The lowest BCUT2D eigenvalue weighted by Gasteiger charge is -2.21. The molecule has 7 heteroatoms. The van der Waals surface area contributed by atoms with E-state index in [1.54, 1.807) is 0 Å². The van der Waals surface area contributed by atoms with Gasteiger partial charge in [-0.1, -0.05) is 23.3 Å². The SMILES string of the molecule is COc1ccc([N+](=O)[O-])cc1N1C(=O)[C@@H]2[C@@H](C1=O)[C@H]1C=C[C@@H]2C1=C(C)C. The van der Waals surface area contributed by atoms with E-state index in [9.17, 15) is 19.7 Å². The molecule has 1 saturated carbocycles. The zero-order valence-corrected chi connectivity index (χ0v) is 14.6. The number of anilines is 1. The van der Waals surface area contributed by atoms with Crippen LogP contribution in [0.2, 0.25) is 0 Å². The molecule has 7 nitrogen and oxygen atoms in total. The highest BCUT2D eigenvalue weighted by molar-refractivity contribution is 6.24. The lowest BCUT2D eigenvalue weighted by molar-refractivity contribution is -0.384. The molecule has 2 fully saturated rings. The van der Waals surface area contributed by atoms with Crippen molar-refractivity contribution >= 4 is 23.2 Å². The summed E-state index contributed by atoms with van der Waals surface area (Å²) in [4.78, 5) is 37.9. The number of allylic oxidation sites excluding steroid dienone is 4. The minimum absolute atomic E-state index is 0.0684. The van der Waals surface area contributed by atoms with E-state index in [-0.39, 0.29) is 40.8 Å². The van der Waals surface area contributed by atoms with Gasteiger partial charge in [-0.05, 0) is 19.9 Å². The lowest BCUT2D eigenvalue weighted by Crippen LogP contribution is -2.33. The molecular formula is C19H18N2O5. The van der Waals surface area contributed by atoms with E-state index < -0.39 is 16.8 Å². The van der Waals surface area contributed by atoms with E-state index in [0.29, 0.717) is 0 Å². The minimum atomic E-state index is -0.554. The average molecular weight is 354 g/mol. The molecule has 134 valence electrons. The molecule has 1 heterocycles. The predicted octanol–water partition coefficient (Wildman–Crippen LogP) is 2.86. The van der Waals surface area contributed by atoms with E-state index in [4.69, 9.17) is 4.74 Å². The van der Waals surface area contributed by atoms with Crippen LogP contribution in [0.25, 0.3) is 0 Å². The highest BCUT2D eigenvalue weighted by atomic mass is 16.6. The van der Waals surface area contributed by atoms with Crippen molar-refractivity contribution in [2.45, 2.75) is 13.8 Å². The molecule has 1 aliphatic heterocycles. The minimum Gasteiger partial charge on any atom is -0.495 e. The van der Waals surface area contributed by atoms with E-state index >= 15 is 0 Å². The Hall–Kier alpha value is -2.96. The normalized spacial score (nSPS) is 28.7. The first-order valence-electron chi connectivity index (χ1n) is 8.42. The molecule has 2 aliphatic carbocycles. The fourth-order valence-corrected chi connectivity index (χ4v) is 4.63. The van der Waals surface area contributed by atoms with Gasteiger partial charge >= 0.3 is 0 Å². The fraction of sp³-hybridized carbons (Fsp3) is 0.368. The molecule has 0 unspecified atom stereocenters. The summed E-state index contributed by atoms with van der Waals surface area (Å²) in [7, 11) is 1.41. The number of rotatable bonds is 3. The zero-order chi connectivity index (χ0) is 18.7. The number of nitro benzene ring substituents is 1. The van der Waals surface area contributed by atoms with Crippen molar-refractivity contribution in [3.8, 4) is 5.75 Å². The number of methoxy groups -OCH3 is 1. The second kappa shape index (κ2) is 5.52. The number of ether oxygens (including phenoxy) is 1. The number of carbonyl (C=O) groups excluding carboxylic acids is 2. The summed E-state index contributed by atoms with van der Waals surface area (Å²) >= 11 is 0. The van der Waals surface area contributed by atoms with Crippen molar-refractivity contribution < 1.29 is 19.2 Å². The van der Waals surface area contributed by atoms with Gasteiger partial charge in [0.2, 0.25) is 11.8 Å². The molecule has 1 aromatic carbocycles. The molecule has 0 spiro atoms. The van der Waals surface area contributed by atoms with Crippen LogP contribution in [0, 0.1) is 33.8 Å². The Bertz CT molecular complexity index is 879. The Morgan fingerprint density at radius 2 is 1.69 bits per heavy atom. The standard InChI is InChI=1S/C19H18N2O5/c1-9(2)15-11-5-6-12(15)17-16(11)18(22)20(19(17)23)13-8-10(21(24)25)4-7-14(13)26-3/h4-8,11-12,16-17H,1-3H3/t11-,12+,16-,17-/m0/s1. The number of hydrogen-bond acceptors (Lipinski definition) is 5. The topological polar surface area (TPSA) is 89.8 Å². The molecule has 2 amide bonds. The largest absolute Gasteiger partial charge is 0.495 e. The van der Waals surface area contributed by atoms with Gasteiger partial charge in [-0.3, -0.25) is 19.7 Å². The van der Waals surface area contributed by atoms with E-state index in [0.717, 1.165) is 16.0 Å². The molecule has 3 aliphatic rings. The summed E-state index contributed by atoms with van der Waals surface area (Å²) in [6, 6.07) is 3.93. The third-order valence-corrected chi connectivity index (χ3v) is 5.61. The molecule has 2 bridgehead atoms. The highest BCUT2D eigenvalue weighted by Crippen LogP contribution is 2.57. The molecule has 0 N–H and O–H groups in total. The maximum Gasteiger partial charge on any atom is 0.271 e. The fourth-order valence-electron chi connectivity index (χ4n) is 4.63. The second-order valence-corrected chi connectivity index (χ2v) is 7.07. The first-order valence-corrected chi connectivity index (χ1v) is 8.42. The zero-order valence-electron chi connectivity index (χ0n) is 14.6. The third-order valence-electron chi connectivity index (χ3n) is 5.61. The van der Waals surface area contributed by atoms with Gasteiger partial charge < -0.3 is 4.74 Å². The Labute approximate surface area is 150 Å². The Balaban J connectivity index is 1.80. The molecule has 26 heavy (non-hydrogen) atoms. The Morgan fingerprint density at radius 3 is 2.15 bits per heavy atom. The van der Waals surface area contributed by atoms with Crippen LogP contribution in [0.3, 0.4) is 0 Å². The number of nitro groups is 1. The van der Waals surface area contributed by atoms with E-state index in [1.165, 1.54) is 25.3 Å². The number of amides is 2. The van der Waals surface area contributed by atoms with Crippen molar-refractivity contribution in [1.82, 2.24) is 0 Å². The van der Waals surface area contributed by atoms with Crippen LogP contribution in [0.15, 0.2) is 41.5 Å². The van der Waals surface area contributed by atoms with Crippen LogP contribution in [-0.4, -0.2) is 23.8 Å². The van der Waals surface area contributed by atoms with Gasteiger partial charge in [0.25, 0.3) is 5.69 Å². The summed E-state index contributed by atoms with van der Waals surface area (Å²) in [5, 5.41) is 11.1. The number of hydrogen-bond donors (Lipinski definition) is 0. The van der Waals surface area contributed by atoms with Crippen LogP contribution in [0.5, 0.6) is 5.75 Å². The summed E-state index contributed by atoms with van der Waals surface area (Å²) in [5.41, 5.74) is 2.25. The van der Waals surface area contributed by atoms with Crippen LogP contribution < -0.4 is 9.64 Å². The lowest BCUT2D eigenvalue weighted by atomic mass is 9.85. The number of nitrogens with zero attached hydrogens (tertiary/aromatic N) is 2. The molecular weight excluding hydrogens is 336 g/mol. The summed E-state index contributed by atoms with van der Waals surface area (Å²) in [6.45, 7) is 4.00. The smallest absolute Gasteiger partial charge is 0.271 e. The van der Waals surface area contributed by atoms with Crippen molar-refractivity contribution in [2.24, 2.45) is 23.7 Å². The highest BCUT2D eigenvalue weighted by Gasteiger charge is 2.62. The average Bonchev–Trinajstić information content (AvgIpc) is 3.24. The Morgan fingerprint density at radius 1 is 1.12 bits per heavy atom. The summed E-state index contributed by atoms with van der Waals surface area (Å²) in [5.74, 6) is -1.37. The maximum absolute atomic E-state index is 13.1. The van der Waals surface area contributed by atoms with Crippen LogP contribution in [0.4, 0.5) is 11.4 Å². The molecule has 0 radical (unpaired) electrons. The van der Waals surface area contributed by atoms with Gasteiger partial charge in [0, 0.05) is 24.0 Å². The van der Waals surface area contributed by atoms with Crippen molar-refractivity contribution in [1.29, 1.82) is 0 Å². The van der Waals surface area contributed by atoms with Gasteiger partial charge in [-0.25, -0.2) is 4.90 Å². The molecule has 4 rings (SSSR count). The summed E-state index contributed by atoms with van der Waals surface area (Å²) < 4.78 is 5.25. The van der Waals surface area contributed by atoms with Crippen LogP contribution in [-0.2, 0) is 9.59 Å². The molecule has 1 saturated heterocycles. The van der Waals surface area contributed by atoms with Crippen LogP contribution >= 0.6 is 0 Å². The quantitative estimate of drug-likeness (QED) is 0.360. The van der Waals surface area contributed by atoms with Crippen molar-refractivity contribution in [3.05, 3.63) is 51.6 Å². The molecule has 1 aromatic rings. The number of fused-ring (bicyclic) bond motifs is 5. The van der Waals surface area contributed by atoms with Gasteiger partial charge in [0.15, 0.2) is 0 Å². The Kier molecular flexibility index (Phi) is 3.50. The molecule has 0 aromatic heterocycles. The first-order chi connectivity index (χ1) is 12.4. The first kappa shape index (κ1) is 16.5. The van der Waals surface area contributed by atoms with Gasteiger partial charge in [0.1, 0.15) is 11.4 Å². The second-order valence-electron chi connectivity index (χ2n) is 7.07. The number of benzene rings is 1. The van der Waals surface area contributed by atoms with Crippen molar-refractivity contribution in [2.75, 3.05) is 12.0 Å². The predicted molar refractivity (Wildman–Crippen MR) is 93.6 cm³/mol. The van der Waals surface area contributed by atoms with Gasteiger partial charge in [0.05, 0.1) is 23.9 Å². The van der Waals surface area contributed by atoms with Gasteiger partial charge in [-0.2, -0.15) is 0 Å². The number of non-ortho nitro benzene ring substituents is 1. The summed E-state index contributed by atoms with van der Waals surface area (Å²) in [6.07, 6.45) is 4.01. The monoisotopic (exact) mass is 354 g/mol. The number of carbonyl (C=O) groups is 2. The van der Waals surface area contributed by atoms with Gasteiger partial charge in [-0.15, -0.1) is 0 Å². The van der Waals surface area contributed by atoms with E-state index in [1.807, 2.05) is 26.0 Å². The maximum atomic E-state index is 13.1. The molecule has 4 atom stereocenters.